The average molecular weight is 311 g/mol. The fourth-order valence-electron chi connectivity index (χ4n) is 2.35. The number of hydrogen-bond acceptors (Lipinski definition) is 4. The van der Waals surface area contributed by atoms with Crippen LogP contribution in [-0.2, 0) is 15.1 Å². The highest BCUT2D eigenvalue weighted by molar-refractivity contribution is 9.09. The number of rotatable bonds is 2. The molecule has 0 aliphatic carbocycles. The van der Waals surface area contributed by atoms with Crippen LogP contribution in [0.25, 0.3) is 0 Å². The summed E-state index contributed by atoms with van der Waals surface area (Å²) in [4.78, 5) is 1.42. The van der Waals surface area contributed by atoms with Crippen molar-refractivity contribution in [2.45, 2.75) is 23.6 Å². The van der Waals surface area contributed by atoms with E-state index in [0.717, 1.165) is 11.3 Å². The summed E-state index contributed by atoms with van der Waals surface area (Å²) in [5, 5.41) is 9.33. The van der Waals surface area contributed by atoms with Crippen molar-refractivity contribution in [1.82, 2.24) is 0 Å². The van der Waals surface area contributed by atoms with Crippen molar-refractivity contribution in [2.75, 3.05) is 19.1 Å². The summed E-state index contributed by atoms with van der Waals surface area (Å²) >= 11 is 3.61. The molecule has 1 aliphatic rings. The van der Waals surface area contributed by atoms with Crippen molar-refractivity contribution < 1.29 is 9.47 Å². The number of nitriles is 1. The third kappa shape index (κ3) is 1.72. The van der Waals surface area contributed by atoms with E-state index in [2.05, 4.69) is 22.1 Å². The molecule has 0 spiro atoms. The highest BCUT2D eigenvalue weighted by atomic mass is 79.9. The number of alkyl halides is 1. The Labute approximate surface area is 115 Å². The fraction of sp³-hybridized carbons (Fsp3) is 0.462. The third-order valence-electron chi connectivity index (χ3n) is 3.50. The van der Waals surface area contributed by atoms with Crippen molar-refractivity contribution in [3.63, 3.8) is 0 Å². The number of anilines is 1. The Kier molecular flexibility index (Phi) is 3.62. The summed E-state index contributed by atoms with van der Waals surface area (Å²) < 4.78 is 11.1. The minimum absolute atomic E-state index is 0.144. The Morgan fingerprint density at radius 1 is 1.39 bits per heavy atom. The first kappa shape index (κ1) is 13.3. The zero-order valence-corrected chi connectivity index (χ0v) is 12.1. The second kappa shape index (κ2) is 4.88. The fourth-order valence-corrected chi connectivity index (χ4v) is 3.24. The summed E-state index contributed by atoms with van der Waals surface area (Å²) in [6.07, 6.45) is 1.78. The molecule has 0 N–H and O–H groups in total. The van der Waals surface area contributed by atoms with Crippen LogP contribution in [0.4, 0.5) is 5.69 Å². The Balaban J connectivity index is 2.65. The molecule has 3 atom stereocenters. The van der Waals surface area contributed by atoms with E-state index in [9.17, 15) is 5.26 Å². The molecule has 0 bridgehead atoms. The lowest BCUT2D eigenvalue weighted by molar-refractivity contribution is -0.0436. The summed E-state index contributed by atoms with van der Waals surface area (Å²) in [5.41, 5.74) is 1.26. The summed E-state index contributed by atoms with van der Waals surface area (Å²) in [6, 6.07) is 7.73. The van der Waals surface area contributed by atoms with Gasteiger partial charge in [0.25, 0.3) is 0 Å². The average Bonchev–Trinajstić information content (AvgIpc) is 2.42. The smallest absolute Gasteiger partial charge is 0.186 e. The molecule has 1 heterocycles. The van der Waals surface area contributed by atoms with Gasteiger partial charge in [-0.2, -0.15) is 5.26 Å². The molecule has 1 aliphatic heterocycles. The van der Waals surface area contributed by atoms with Crippen LogP contribution in [-0.4, -0.2) is 25.3 Å². The molecule has 5 heteroatoms. The highest BCUT2D eigenvalue weighted by Gasteiger charge is 2.48. The predicted molar refractivity (Wildman–Crippen MR) is 72.4 cm³/mol. The summed E-state index contributed by atoms with van der Waals surface area (Å²) in [7, 11) is 3.26. The van der Waals surface area contributed by atoms with E-state index in [1.54, 1.807) is 19.1 Å². The SMILES string of the molecule is CO[C@H]1[C@H](Br)[C@](C)(OC)c2ccccc2N1C#N. The number of hydrogen-bond donors (Lipinski definition) is 0. The van der Waals surface area contributed by atoms with Gasteiger partial charge in [0.1, 0.15) is 5.60 Å². The first-order valence-electron chi connectivity index (χ1n) is 5.60. The number of halogens is 1. The molecular weight excluding hydrogens is 296 g/mol. The number of para-hydroxylation sites is 1. The lowest BCUT2D eigenvalue weighted by Crippen LogP contribution is -2.54. The van der Waals surface area contributed by atoms with Gasteiger partial charge in [0.15, 0.2) is 12.4 Å². The van der Waals surface area contributed by atoms with E-state index in [1.807, 2.05) is 31.2 Å². The molecule has 2 rings (SSSR count). The quantitative estimate of drug-likeness (QED) is 0.622. The van der Waals surface area contributed by atoms with E-state index in [1.165, 1.54) is 0 Å². The van der Waals surface area contributed by atoms with E-state index in [0.29, 0.717) is 0 Å². The van der Waals surface area contributed by atoms with Crippen LogP contribution in [0.2, 0.25) is 0 Å². The lowest BCUT2D eigenvalue weighted by Gasteiger charge is -2.46. The Morgan fingerprint density at radius 2 is 2.06 bits per heavy atom. The van der Waals surface area contributed by atoms with Gasteiger partial charge in [-0.15, -0.1) is 0 Å². The molecule has 18 heavy (non-hydrogen) atoms. The highest BCUT2D eigenvalue weighted by Crippen LogP contribution is 2.46. The van der Waals surface area contributed by atoms with Crippen molar-refractivity contribution in [3.8, 4) is 6.19 Å². The van der Waals surface area contributed by atoms with Crippen LogP contribution in [0, 0.1) is 11.5 Å². The van der Waals surface area contributed by atoms with Crippen LogP contribution in [0.3, 0.4) is 0 Å². The number of methoxy groups -OCH3 is 2. The molecule has 0 saturated carbocycles. The minimum atomic E-state index is -0.537. The van der Waals surface area contributed by atoms with Gasteiger partial charge >= 0.3 is 0 Å². The van der Waals surface area contributed by atoms with Gasteiger partial charge < -0.3 is 9.47 Å². The van der Waals surface area contributed by atoms with Gasteiger partial charge in [0, 0.05) is 19.8 Å². The molecule has 96 valence electrons. The van der Waals surface area contributed by atoms with Crippen LogP contribution < -0.4 is 4.90 Å². The zero-order valence-electron chi connectivity index (χ0n) is 10.6. The first-order valence-corrected chi connectivity index (χ1v) is 6.52. The molecular formula is C13H15BrN2O2. The monoisotopic (exact) mass is 310 g/mol. The maximum absolute atomic E-state index is 9.33. The molecule has 0 fully saturated rings. The van der Waals surface area contributed by atoms with E-state index in [-0.39, 0.29) is 4.83 Å². The standard InChI is InChI=1S/C13H15BrN2O2/c1-13(18-3)9-6-4-5-7-10(9)16(8-15)12(17-2)11(13)14/h4-7,11-12H,1-3H3/t11-,12-,13+/m0/s1. The van der Waals surface area contributed by atoms with Crippen LogP contribution in [0.1, 0.15) is 12.5 Å². The molecule has 0 amide bonds. The second-order valence-corrected chi connectivity index (χ2v) is 5.31. The normalized spacial score (nSPS) is 30.7. The topological polar surface area (TPSA) is 45.5 Å². The van der Waals surface area contributed by atoms with Gasteiger partial charge in [-0.3, -0.25) is 4.90 Å². The number of ether oxygens (including phenoxy) is 2. The van der Waals surface area contributed by atoms with Gasteiger partial charge in [0.05, 0.1) is 10.5 Å². The summed E-state index contributed by atoms with van der Waals surface area (Å²) in [6.45, 7) is 1.99. The number of nitrogens with zero attached hydrogens (tertiary/aromatic N) is 2. The third-order valence-corrected chi connectivity index (χ3v) is 4.83. The van der Waals surface area contributed by atoms with Gasteiger partial charge in [-0.25, -0.2) is 0 Å². The Morgan fingerprint density at radius 3 is 2.61 bits per heavy atom. The molecule has 1 aromatic carbocycles. The van der Waals surface area contributed by atoms with Gasteiger partial charge in [-0.1, -0.05) is 34.1 Å². The maximum Gasteiger partial charge on any atom is 0.186 e. The second-order valence-electron chi connectivity index (χ2n) is 4.33. The van der Waals surface area contributed by atoms with E-state index in [4.69, 9.17) is 9.47 Å². The van der Waals surface area contributed by atoms with Crippen LogP contribution >= 0.6 is 15.9 Å². The van der Waals surface area contributed by atoms with Crippen molar-refractivity contribution >= 4 is 21.6 Å². The predicted octanol–water partition coefficient (Wildman–Crippen LogP) is 2.59. The van der Waals surface area contributed by atoms with Crippen molar-refractivity contribution in [1.29, 1.82) is 5.26 Å². The maximum atomic E-state index is 9.33. The van der Waals surface area contributed by atoms with E-state index < -0.39 is 11.8 Å². The molecule has 0 unspecified atom stereocenters. The van der Waals surface area contributed by atoms with Crippen LogP contribution in [0.15, 0.2) is 24.3 Å². The van der Waals surface area contributed by atoms with Crippen LogP contribution in [0.5, 0.6) is 0 Å². The van der Waals surface area contributed by atoms with Crippen molar-refractivity contribution in [2.24, 2.45) is 0 Å². The minimum Gasteiger partial charge on any atom is -0.372 e. The molecule has 0 saturated heterocycles. The molecule has 1 aromatic rings. The van der Waals surface area contributed by atoms with E-state index >= 15 is 0 Å². The molecule has 0 aromatic heterocycles. The number of fused-ring (bicyclic) bond motifs is 1. The first-order chi connectivity index (χ1) is 8.60. The summed E-state index contributed by atoms with van der Waals surface area (Å²) in [5.74, 6) is 0. The van der Waals surface area contributed by atoms with Gasteiger partial charge in [-0.05, 0) is 13.0 Å². The lowest BCUT2D eigenvalue weighted by atomic mass is 9.86. The Hall–Kier alpha value is -1.09. The van der Waals surface area contributed by atoms with Crippen molar-refractivity contribution in [3.05, 3.63) is 29.8 Å². The molecule has 0 radical (unpaired) electrons. The zero-order chi connectivity index (χ0) is 13.3. The van der Waals surface area contributed by atoms with Gasteiger partial charge in [0.2, 0.25) is 0 Å². The Bertz CT molecular complexity index is 488. The number of benzene rings is 1. The largest absolute Gasteiger partial charge is 0.372 e. The molecule has 4 nitrogen and oxygen atoms in total.